The van der Waals surface area contributed by atoms with Gasteiger partial charge in [0.05, 0.1) is 18.5 Å². The Morgan fingerprint density at radius 1 is 1.62 bits per heavy atom. The third-order valence-corrected chi connectivity index (χ3v) is 4.26. The van der Waals surface area contributed by atoms with E-state index in [1.54, 1.807) is 16.4 Å². The Balaban J connectivity index is 2.09. The average Bonchev–Trinajstić information content (AvgIpc) is 2.76. The van der Waals surface area contributed by atoms with E-state index < -0.39 is 11.4 Å². The molecule has 2 rings (SSSR count). The summed E-state index contributed by atoms with van der Waals surface area (Å²) < 4.78 is 14.6. The van der Waals surface area contributed by atoms with Crippen molar-refractivity contribution in [2.45, 2.75) is 11.4 Å². The fourth-order valence-electron chi connectivity index (χ4n) is 1.60. The van der Waals surface area contributed by atoms with Crippen molar-refractivity contribution in [3.8, 4) is 6.07 Å². The van der Waals surface area contributed by atoms with Crippen molar-refractivity contribution in [1.82, 2.24) is 9.29 Å². The first kappa shape index (κ1) is 11.9. The molecule has 2 heterocycles. The molecule has 1 aliphatic rings. The van der Waals surface area contributed by atoms with Gasteiger partial charge >= 0.3 is 0 Å². The highest BCUT2D eigenvalue weighted by Crippen LogP contribution is 2.23. The highest BCUT2D eigenvalue weighted by atomic mass is 79.9. The summed E-state index contributed by atoms with van der Waals surface area (Å²) >= 11 is 2.00. The van der Waals surface area contributed by atoms with Crippen LogP contribution in [-0.2, 0) is 11.4 Å². The molecule has 1 aliphatic heterocycles. The maximum absolute atomic E-state index is 12.1. The Morgan fingerprint density at radius 2 is 2.44 bits per heavy atom. The minimum absolute atomic E-state index is 0.00361. The van der Waals surface area contributed by atoms with Gasteiger partial charge < -0.3 is 4.55 Å². The zero-order chi connectivity index (χ0) is 11.5. The van der Waals surface area contributed by atoms with Gasteiger partial charge in [0.25, 0.3) is 5.03 Å². The fraction of sp³-hybridized carbons (Fsp3) is 0.400. The Labute approximate surface area is 106 Å². The van der Waals surface area contributed by atoms with Crippen LogP contribution in [0.15, 0.2) is 27.8 Å². The van der Waals surface area contributed by atoms with Crippen molar-refractivity contribution in [2.75, 3.05) is 13.1 Å². The van der Waals surface area contributed by atoms with E-state index in [1.165, 1.54) is 0 Å². The van der Waals surface area contributed by atoms with E-state index in [2.05, 4.69) is 27.0 Å². The van der Waals surface area contributed by atoms with Crippen molar-refractivity contribution in [3.05, 3.63) is 22.8 Å². The van der Waals surface area contributed by atoms with Gasteiger partial charge in [-0.25, -0.2) is 0 Å². The summed E-state index contributed by atoms with van der Waals surface area (Å²) in [6.07, 6.45) is 0.788. The molecular weight excluding hydrogens is 290 g/mol. The van der Waals surface area contributed by atoms with Crippen LogP contribution in [-0.4, -0.2) is 26.9 Å². The molecule has 0 saturated carbocycles. The minimum atomic E-state index is -1.25. The lowest BCUT2D eigenvalue weighted by Crippen LogP contribution is -2.29. The van der Waals surface area contributed by atoms with Crippen molar-refractivity contribution >= 4 is 27.3 Å². The van der Waals surface area contributed by atoms with Crippen LogP contribution < -0.4 is 0 Å². The van der Waals surface area contributed by atoms with Crippen LogP contribution in [0.25, 0.3) is 0 Å². The normalized spacial score (nSPS) is 22.9. The Hall–Kier alpha value is -0.610. The van der Waals surface area contributed by atoms with E-state index in [-0.39, 0.29) is 5.92 Å². The smallest absolute Gasteiger partial charge is 0.266 e. The van der Waals surface area contributed by atoms with Gasteiger partial charge in [0, 0.05) is 12.6 Å². The van der Waals surface area contributed by atoms with Gasteiger partial charge in [-0.2, -0.15) is 10.2 Å². The lowest BCUT2D eigenvalue weighted by molar-refractivity contribution is 0.467. The molecule has 1 fully saturated rings. The first-order valence-corrected chi connectivity index (χ1v) is 6.79. The summed E-state index contributed by atoms with van der Waals surface area (Å²) in [6, 6.07) is 7.54. The zero-order valence-corrected chi connectivity index (χ0v) is 10.9. The summed E-state index contributed by atoms with van der Waals surface area (Å²) in [5.41, 5.74) is 0. The summed E-state index contributed by atoms with van der Waals surface area (Å²) in [7, 11) is 0. The number of pyridine rings is 1. The van der Waals surface area contributed by atoms with Gasteiger partial charge in [-0.1, -0.05) is 6.07 Å². The van der Waals surface area contributed by atoms with E-state index in [0.717, 1.165) is 6.42 Å². The van der Waals surface area contributed by atoms with Crippen LogP contribution in [0.5, 0.6) is 0 Å². The molecule has 4 nitrogen and oxygen atoms in total. The highest BCUT2D eigenvalue weighted by molar-refractivity contribution is 9.10. The molecule has 0 amide bonds. The first-order chi connectivity index (χ1) is 7.70. The third kappa shape index (κ3) is 2.55. The Kier molecular flexibility index (Phi) is 3.82. The maximum atomic E-state index is 12.1. The quantitative estimate of drug-likeness (QED) is 0.616. The number of aromatic nitrogens is 1. The van der Waals surface area contributed by atoms with Gasteiger partial charge in [0.15, 0.2) is 0 Å². The standard InChI is InChI=1S/C10H10BrN3OS/c11-9-2-1-3-10(13-9)16(15)14-5-4-8(6-12)7-14/h1-3,8H,4-5,7H2. The summed E-state index contributed by atoms with van der Waals surface area (Å²) in [5, 5.41) is 9.32. The molecular formula is C10H10BrN3OS. The molecule has 0 radical (unpaired) electrons. The van der Waals surface area contributed by atoms with Gasteiger partial charge in [-0.3, -0.25) is 0 Å². The van der Waals surface area contributed by atoms with Gasteiger partial charge in [0.2, 0.25) is 0 Å². The molecule has 2 atom stereocenters. The molecule has 0 bridgehead atoms. The van der Waals surface area contributed by atoms with E-state index in [0.29, 0.717) is 22.7 Å². The number of hydrogen-bond donors (Lipinski definition) is 0. The van der Waals surface area contributed by atoms with Crippen molar-refractivity contribution in [2.24, 2.45) is 5.92 Å². The number of rotatable bonds is 2. The fourth-order valence-corrected chi connectivity index (χ4v) is 3.29. The molecule has 6 heteroatoms. The highest BCUT2D eigenvalue weighted by Gasteiger charge is 2.32. The maximum Gasteiger partial charge on any atom is 0.266 e. The topological polar surface area (TPSA) is 63.0 Å². The Bertz CT molecular complexity index is 423. The molecule has 0 aromatic carbocycles. The summed E-state index contributed by atoms with van der Waals surface area (Å²) in [4.78, 5) is 4.16. The van der Waals surface area contributed by atoms with Crippen LogP contribution in [0.2, 0.25) is 0 Å². The van der Waals surface area contributed by atoms with E-state index in [1.807, 2.05) is 6.07 Å². The van der Waals surface area contributed by atoms with E-state index in [4.69, 9.17) is 5.26 Å². The molecule has 1 aromatic rings. The SMILES string of the molecule is N#CC1CCN([S+]([O-])c2cccc(Br)n2)C1. The molecule has 0 aliphatic carbocycles. The lowest BCUT2D eigenvalue weighted by atomic mass is 10.1. The molecule has 1 aromatic heterocycles. The zero-order valence-electron chi connectivity index (χ0n) is 8.47. The second-order valence-corrected chi connectivity index (χ2v) is 5.80. The first-order valence-electron chi connectivity index (χ1n) is 4.89. The van der Waals surface area contributed by atoms with Gasteiger partial charge in [0.1, 0.15) is 16.0 Å². The van der Waals surface area contributed by atoms with Crippen LogP contribution in [0.3, 0.4) is 0 Å². The molecule has 1 saturated heterocycles. The summed E-state index contributed by atoms with van der Waals surface area (Å²) in [6.45, 7) is 1.26. The van der Waals surface area contributed by atoms with Crippen molar-refractivity contribution in [3.63, 3.8) is 0 Å². The molecule has 84 valence electrons. The number of nitriles is 1. The monoisotopic (exact) mass is 299 g/mol. The van der Waals surface area contributed by atoms with E-state index >= 15 is 0 Å². The second kappa shape index (κ2) is 5.15. The second-order valence-electron chi connectivity index (χ2n) is 3.55. The molecule has 16 heavy (non-hydrogen) atoms. The van der Waals surface area contributed by atoms with Crippen LogP contribution >= 0.6 is 15.9 Å². The predicted octanol–water partition coefficient (Wildman–Crippen LogP) is 1.71. The largest absolute Gasteiger partial charge is 0.592 e. The van der Waals surface area contributed by atoms with Gasteiger partial charge in [-0.05, 0) is 28.4 Å². The average molecular weight is 300 g/mol. The van der Waals surface area contributed by atoms with Crippen LogP contribution in [0.1, 0.15) is 6.42 Å². The Morgan fingerprint density at radius 3 is 3.06 bits per heavy atom. The molecule has 2 unspecified atom stereocenters. The lowest BCUT2D eigenvalue weighted by Gasteiger charge is -2.17. The van der Waals surface area contributed by atoms with Crippen molar-refractivity contribution in [1.29, 1.82) is 5.26 Å². The van der Waals surface area contributed by atoms with Crippen molar-refractivity contribution < 1.29 is 4.55 Å². The van der Waals surface area contributed by atoms with Crippen LogP contribution in [0, 0.1) is 17.2 Å². The number of nitrogens with zero attached hydrogens (tertiary/aromatic N) is 3. The summed E-state index contributed by atoms with van der Waals surface area (Å²) in [5.74, 6) is -0.00361. The van der Waals surface area contributed by atoms with Gasteiger partial charge in [-0.15, -0.1) is 4.31 Å². The predicted molar refractivity (Wildman–Crippen MR) is 63.6 cm³/mol. The third-order valence-electron chi connectivity index (χ3n) is 2.44. The minimum Gasteiger partial charge on any atom is -0.592 e. The molecule has 0 N–H and O–H groups in total. The van der Waals surface area contributed by atoms with E-state index in [9.17, 15) is 4.55 Å². The van der Waals surface area contributed by atoms with Crippen LogP contribution in [0.4, 0.5) is 0 Å². The number of halogens is 1. The number of hydrogen-bond acceptors (Lipinski definition) is 4. The molecule has 0 spiro atoms.